The fraction of sp³-hybridized carbons (Fsp3) is 0.632. The fourth-order valence-electron chi connectivity index (χ4n) is 3.14. The van der Waals surface area contributed by atoms with Gasteiger partial charge in [0.25, 0.3) is 0 Å². The van der Waals surface area contributed by atoms with Gasteiger partial charge in [0.15, 0.2) is 0 Å². The molecule has 2 N–H and O–H groups in total. The highest BCUT2D eigenvalue weighted by molar-refractivity contribution is 5.88. The number of halogens is 3. The number of carbonyl (C=O) groups excluding carboxylic acids is 2. The van der Waals surface area contributed by atoms with Crippen LogP contribution in [0.5, 0.6) is 0 Å². The molecule has 1 saturated heterocycles. The molecule has 0 unspecified atom stereocenters. The number of hydrogen-bond donors (Lipinski definition) is 2. The quantitative estimate of drug-likeness (QED) is 0.658. The minimum Gasteiger partial charge on any atom is -0.368 e. The number of alkyl halides is 3. The van der Waals surface area contributed by atoms with Crippen molar-refractivity contribution in [1.29, 1.82) is 0 Å². The van der Waals surface area contributed by atoms with Gasteiger partial charge in [0, 0.05) is 32.3 Å². The first-order valence-electron chi connectivity index (χ1n) is 9.52. The highest BCUT2D eigenvalue weighted by Gasteiger charge is 2.32. The number of piperidine rings is 1. The third-order valence-electron chi connectivity index (χ3n) is 4.55. The van der Waals surface area contributed by atoms with Gasteiger partial charge in [-0.2, -0.15) is 13.2 Å². The molecular weight excluding hydrogens is 373 g/mol. The standard InChI is InChI=1S/C19H27F3N4O2/c1-13(2)11-15(26-10-4-3-5-17(26)27)18(28)24-9-8-23-16-7-6-14(12-25-16)19(20,21)22/h6-7,12-13,15H,3-5,8-11H2,1-2H3,(H,23,25)(H,24,28)/t15-/m1/s1. The van der Waals surface area contributed by atoms with E-state index in [1.807, 2.05) is 13.8 Å². The lowest BCUT2D eigenvalue weighted by Crippen LogP contribution is -2.52. The van der Waals surface area contributed by atoms with Crippen LogP contribution in [-0.2, 0) is 15.8 Å². The molecule has 28 heavy (non-hydrogen) atoms. The Kier molecular flexibility index (Phi) is 7.65. The van der Waals surface area contributed by atoms with Crippen LogP contribution >= 0.6 is 0 Å². The summed E-state index contributed by atoms with van der Waals surface area (Å²) in [5, 5.41) is 5.68. The van der Waals surface area contributed by atoms with Gasteiger partial charge in [-0.3, -0.25) is 9.59 Å². The van der Waals surface area contributed by atoms with Gasteiger partial charge >= 0.3 is 6.18 Å². The Morgan fingerprint density at radius 2 is 2.00 bits per heavy atom. The third-order valence-corrected chi connectivity index (χ3v) is 4.55. The van der Waals surface area contributed by atoms with Gasteiger partial charge in [0.1, 0.15) is 11.9 Å². The number of anilines is 1. The molecule has 1 aromatic rings. The van der Waals surface area contributed by atoms with Crippen molar-refractivity contribution in [3.05, 3.63) is 23.9 Å². The average molecular weight is 400 g/mol. The normalized spacial score (nSPS) is 16.2. The molecule has 0 radical (unpaired) electrons. The van der Waals surface area contributed by atoms with Crippen LogP contribution in [-0.4, -0.2) is 47.4 Å². The summed E-state index contributed by atoms with van der Waals surface area (Å²) in [4.78, 5) is 30.2. The number of amides is 2. The Labute approximate surface area is 162 Å². The summed E-state index contributed by atoms with van der Waals surface area (Å²) >= 11 is 0. The molecule has 156 valence electrons. The first kappa shape index (κ1) is 22.0. The summed E-state index contributed by atoms with van der Waals surface area (Å²) in [6, 6.07) is 1.71. The molecule has 2 heterocycles. The van der Waals surface area contributed by atoms with Crippen LogP contribution in [0.25, 0.3) is 0 Å². The first-order chi connectivity index (χ1) is 13.2. The molecule has 0 bridgehead atoms. The Morgan fingerprint density at radius 1 is 1.25 bits per heavy atom. The number of pyridine rings is 1. The van der Waals surface area contributed by atoms with Gasteiger partial charge < -0.3 is 15.5 Å². The Balaban J connectivity index is 1.84. The lowest BCUT2D eigenvalue weighted by Gasteiger charge is -2.34. The van der Waals surface area contributed by atoms with E-state index < -0.39 is 17.8 Å². The predicted molar refractivity (Wildman–Crippen MR) is 99.5 cm³/mol. The lowest BCUT2D eigenvalue weighted by atomic mass is 9.98. The SMILES string of the molecule is CC(C)C[C@H](C(=O)NCCNc1ccc(C(F)(F)F)cn1)N1CCCCC1=O. The number of aromatic nitrogens is 1. The minimum absolute atomic E-state index is 0.0131. The number of nitrogens with zero attached hydrogens (tertiary/aromatic N) is 2. The summed E-state index contributed by atoms with van der Waals surface area (Å²) in [6.45, 7) is 5.20. The molecule has 2 rings (SSSR count). The van der Waals surface area contributed by atoms with Crippen molar-refractivity contribution < 1.29 is 22.8 Å². The van der Waals surface area contributed by atoms with Gasteiger partial charge in [-0.25, -0.2) is 4.98 Å². The maximum atomic E-state index is 12.6. The van der Waals surface area contributed by atoms with Crippen molar-refractivity contribution in [2.75, 3.05) is 25.0 Å². The Bertz CT molecular complexity index is 662. The molecule has 0 saturated carbocycles. The van der Waals surface area contributed by atoms with Crippen LogP contribution in [0.15, 0.2) is 18.3 Å². The number of carbonyl (C=O) groups is 2. The summed E-state index contributed by atoms with van der Waals surface area (Å²) in [7, 11) is 0. The van der Waals surface area contributed by atoms with Crippen molar-refractivity contribution in [2.24, 2.45) is 5.92 Å². The van der Waals surface area contributed by atoms with E-state index in [1.54, 1.807) is 4.90 Å². The van der Waals surface area contributed by atoms with Crippen LogP contribution in [0, 0.1) is 5.92 Å². The Hall–Kier alpha value is -2.32. The monoisotopic (exact) mass is 400 g/mol. The molecule has 0 spiro atoms. The minimum atomic E-state index is -4.42. The van der Waals surface area contributed by atoms with E-state index in [2.05, 4.69) is 15.6 Å². The molecule has 1 aliphatic rings. The molecule has 1 aromatic heterocycles. The summed E-state index contributed by atoms with van der Waals surface area (Å²) in [5.74, 6) is 0.373. The molecule has 1 atom stereocenters. The number of rotatable bonds is 8. The average Bonchev–Trinajstić information content (AvgIpc) is 2.63. The van der Waals surface area contributed by atoms with E-state index in [9.17, 15) is 22.8 Å². The van der Waals surface area contributed by atoms with Crippen LogP contribution in [0.4, 0.5) is 19.0 Å². The Morgan fingerprint density at radius 3 is 2.57 bits per heavy atom. The van der Waals surface area contributed by atoms with E-state index >= 15 is 0 Å². The second kappa shape index (κ2) is 9.75. The van der Waals surface area contributed by atoms with Crippen LogP contribution in [0.2, 0.25) is 0 Å². The maximum absolute atomic E-state index is 12.6. The molecule has 1 fully saturated rings. The molecule has 1 aliphatic heterocycles. The first-order valence-corrected chi connectivity index (χ1v) is 9.52. The summed E-state index contributed by atoms with van der Waals surface area (Å²) < 4.78 is 37.6. The third kappa shape index (κ3) is 6.38. The summed E-state index contributed by atoms with van der Waals surface area (Å²) in [5.41, 5.74) is -0.811. The van der Waals surface area contributed by atoms with Crippen molar-refractivity contribution in [1.82, 2.24) is 15.2 Å². The van der Waals surface area contributed by atoms with E-state index in [1.165, 1.54) is 6.07 Å². The van der Waals surface area contributed by atoms with E-state index in [-0.39, 0.29) is 24.3 Å². The van der Waals surface area contributed by atoms with Crippen molar-refractivity contribution in [3.8, 4) is 0 Å². The number of nitrogens with one attached hydrogen (secondary N) is 2. The molecular formula is C19H27F3N4O2. The maximum Gasteiger partial charge on any atom is 0.417 e. The van der Waals surface area contributed by atoms with Crippen molar-refractivity contribution >= 4 is 17.6 Å². The smallest absolute Gasteiger partial charge is 0.368 e. The van der Waals surface area contributed by atoms with Crippen LogP contribution < -0.4 is 10.6 Å². The molecule has 0 aliphatic carbocycles. The van der Waals surface area contributed by atoms with Crippen molar-refractivity contribution in [2.45, 2.75) is 51.7 Å². The highest BCUT2D eigenvalue weighted by Crippen LogP contribution is 2.28. The van der Waals surface area contributed by atoms with Gasteiger partial charge in [-0.1, -0.05) is 13.8 Å². The molecule has 6 nitrogen and oxygen atoms in total. The fourth-order valence-corrected chi connectivity index (χ4v) is 3.14. The van der Waals surface area contributed by atoms with E-state index in [4.69, 9.17) is 0 Å². The van der Waals surface area contributed by atoms with Gasteiger partial charge in [-0.15, -0.1) is 0 Å². The van der Waals surface area contributed by atoms with Gasteiger partial charge in [0.05, 0.1) is 5.56 Å². The number of likely N-dealkylation sites (tertiary alicyclic amines) is 1. The van der Waals surface area contributed by atoms with Crippen molar-refractivity contribution in [3.63, 3.8) is 0 Å². The van der Waals surface area contributed by atoms with E-state index in [0.29, 0.717) is 31.7 Å². The lowest BCUT2D eigenvalue weighted by molar-refractivity contribution is -0.143. The predicted octanol–water partition coefficient (Wildman–Crippen LogP) is 3.06. The van der Waals surface area contributed by atoms with E-state index in [0.717, 1.165) is 25.1 Å². The summed E-state index contributed by atoms with van der Waals surface area (Å²) in [6.07, 6.45) is -0.836. The largest absolute Gasteiger partial charge is 0.417 e. The van der Waals surface area contributed by atoms with Gasteiger partial charge in [0.2, 0.25) is 11.8 Å². The molecule has 0 aromatic carbocycles. The molecule has 2 amide bonds. The zero-order chi connectivity index (χ0) is 20.7. The topological polar surface area (TPSA) is 74.3 Å². The zero-order valence-electron chi connectivity index (χ0n) is 16.2. The zero-order valence-corrected chi connectivity index (χ0v) is 16.2. The van der Waals surface area contributed by atoms with Crippen LogP contribution in [0.3, 0.4) is 0 Å². The highest BCUT2D eigenvalue weighted by atomic mass is 19.4. The second-order valence-electron chi connectivity index (χ2n) is 7.34. The second-order valence-corrected chi connectivity index (χ2v) is 7.34. The molecule has 9 heteroatoms. The van der Waals surface area contributed by atoms with Crippen LogP contribution in [0.1, 0.15) is 45.1 Å². The van der Waals surface area contributed by atoms with Gasteiger partial charge in [-0.05, 0) is 37.3 Å². The number of hydrogen-bond acceptors (Lipinski definition) is 4.